The lowest BCUT2D eigenvalue weighted by molar-refractivity contribution is -0.123. The Kier molecular flexibility index (Phi) is 6.11. The summed E-state index contributed by atoms with van der Waals surface area (Å²) in [6.07, 6.45) is 3.77. The Bertz CT molecular complexity index is 1150. The fourth-order valence-corrected chi connectivity index (χ4v) is 4.12. The maximum Gasteiger partial charge on any atom is 0.260 e. The Morgan fingerprint density at radius 1 is 1.32 bits per heavy atom. The number of rotatable bonds is 7. The average molecular weight is 467 g/mol. The molecule has 15 heteroatoms. The number of nitrogens with two attached hydrogens (primary N) is 1. The first-order valence-electron chi connectivity index (χ1n) is 10.9. The van der Waals surface area contributed by atoms with E-state index in [0.717, 1.165) is 37.2 Å². The van der Waals surface area contributed by atoms with Crippen molar-refractivity contribution in [3.63, 3.8) is 0 Å². The van der Waals surface area contributed by atoms with Crippen LogP contribution in [0.5, 0.6) is 0 Å². The van der Waals surface area contributed by atoms with Gasteiger partial charge >= 0.3 is 0 Å². The van der Waals surface area contributed by atoms with E-state index in [-0.39, 0.29) is 17.8 Å². The van der Waals surface area contributed by atoms with E-state index < -0.39 is 6.04 Å². The third kappa shape index (κ3) is 4.43. The first-order valence-corrected chi connectivity index (χ1v) is 10.9. The van der Waals surface area contributed by atoms with Crippen LogP contribution >= 0.6 is 0 Å². The third-order valence-electron chi connectivity index (χ3n) is 5.92. The van der Waals surface area contributed by atoms with Crippen molar-refractivity contribution in [2.45, 2.75) is 31.8 Å². The van der Waals surface area contributed by atoms with Gasteiger partial charge in [-0.2, -0.15) is 10.6 Å². The van der Waals surface area contributed by atoms with E-state index in [0.29, 0.717) is 18.1 Å². The fraction of sp³-hybridized carbons (Fsp3) is 0.421. The van der Waals surface area contributed by atoms with Crippen LogP contribution < -0.4 is 27.1 Å². The zero-order chi connectivity index (χ0) is 23.5. The van der Waals surface area contributed by atoms with Gasteiger partial charge in [-0.3, -0.25) is 9.80 Å². The first-order chi connectivity index (χ1) is 16.6. The van der Waals surface area contributed by atoms with Crippen LogP contribution in [0.2, 0.25) is 0 Å². The zero-order valence-electron chi connectivity index (χ0n) is 18.5. The molecule has 1 aromatic carbocycles. The molecule has 4 heterocycles. The number of nitrogens with one attached hydrogen (secondary N) is 3. The summed E-state index contributed by atoms with van der Waals surface area (Å²) in [5.74, 6) is 0.161. The molecule has 2 aromatic heterocycles. The molecule has 0 saturated carbocycles. The topological polar surface area (TPSA) is 181 Å². The molecule has 178 valence electrons. The average Bonchev–Trinajstić information content (AvgIpc) is 3.66. The largest absolute Gasteiger partial charge is 0.378 e. The minimum atomic E-state index is -0.624. The summed E-state index contributed by atoms with van der Waals surface area (Å²) in [7, 11) is 0. The summed E-state index contributed by atoms with van der Waals surface area (Å²) in [5, 5.41) is 24.7. The second-order valence-corrected chi connectivity index (χ2v) is 8.13. The van der Waals surface area contributed by atoms with Crippen molar-refractivity contribution in [2.75, 3.05) is 30.4 Å². The molecule has 2 aliphatic rings. The SMILES string of the molecule is C/C(=N\NC(=O)C1NNN(c2nonc2N)C1CN1CCCC1)c1cccc(-n2cnnn2)c1. The number of nitrogens with zero attached hydrogens (tertiary/aromatic N) is 9. The molecule has 3 aromatic rings. The number of aromatic nitrogens is 6. The van der Waals surface area contributed by atoms with Gasteiger partial charge in [0.25, 0.3) is 5.91 Å². The predicted molar refractivity (Wildman–Crippen MR) is 120 cm³/mol. The highest BCUT2D eigenvalue weighted by Crippen LogP contribution is 2.24. The number of nitrogen functional groups attached to an aromatic ring is 1. The van der Waals surface area contributed by atoms with Crippen molar-refractivity contribution in [1.82, 2.24) is 51.8 Å². The molecule has 34 heavy (non-hydrogen) atoms. The highest BCUT2D eigenvalue weighted by atomic mass is 16.6. The maximum atomic E-state index is 13.1. The van der Waals surface area contributed by atoms with Crippen LogP contribution in [0.3, 0.4) is 0 Å². The fourth-order valence-electron chi connectivity index (χ4n) is 4.12. The summed E-state index contributed by atoms with van der Waals surface area (Å²) >= 11 is 0. The number of tetrazole rings is 1. The van der Waals surface area contributed by atoms with Gasteiger partial charge in [0, 0.05) is 6.54 Å². The molecule has 2 atom stereocenters. The molecule has 15 nitrogen and oxygen atoms in total. The number of hydrazone groups is 1. The van der Waals surface area contributed by atoms with Crippen LogP contribution in [0, 0.1) is 0 Å². The summed E-state index contributed by atoms with van der Waals surface area (Å²) in [4.78, 5) is 15.4. The van der Waals surface area contributed by atoms with Gasteiger partial charge in [-0.25, -0.2) is 20.2 Å². The number of hydrazine groups is 2. The van der Waals surface area contributed by atoms with Crippen LogP contribution in [-0.2, 0) is 4.79 Å². The quantitative estimate of drug-likeness (QED) is 0.242. The van der Waals surface area contributed by atoms with Gasteiger partial charge < -0.3 is 10.6 Å². The zero-order valence-corrected chi connectivity index (χ0v) is 18.5. The number of benzene rings is 1. The first kappa shape index (κ1) is 21.9. The molecule has 0 bridgehead atoms. The van der Waals surface area contributed by atoms with Gasteiger partial charge in [0.2, 0.25) is 11.6 Å². The van der Waals surface area contributed by atoms with Crippen molar-refractivity contribution in [3.8, 4) is 5.69 Å². The van der Waals surface area contributed by atoms with Gasteiger partial charge in [-0.15, -0.1) is 5.10 Å². The normalized spacial score (nSPS) is 21.3. The molecular formula is C19H25N13O2. The van der Waals surface area contributed by atoms with Gasteiger partial charge in [-0.1, -0.05) is 12.1 Å². The predicted octanol–water partition coefficient (Wildman–Crippen LogP) is -1.17. The lowest BCUT2D eigenvalue weighted by Gasteiger charge is -2.28. The minimum Gasteiger partial charge on any atom is -0.378 e. The number of amides is 1. The van der Waals surface area contributed by atoms with E-state index in [1.54, 1.807) is 9.69 Å². The smallest absolute Gasteiger partial charge is 0.260 e. The molecule has 0 radical (unpaired) electrons. The highest BCUT2D eigenvalue weighted by Gasteiger charge is 2.42. The van der Waals surface area contributed by atoms with E-state index in [4.69, 9.17) is 10.4 Å². The van der Waals surface area contributed by atoms with Crippen molar-refractivity contribution in [1.29, 1.82) is 0 Å². The molecule has 2 saturated heterocycles. The van der Waals surface area contributed by atoms with Crippen molar-refractivity contribution < 1.29 is 9.42 Å². The monoisotopic (exact) mass is 467 g/mol. The second-order valence-electron chi connectivity index (χ2n) is 8.13. The van der Waals surface area contributed by atoms with Gasteiger partial charge in [0.15, 0.2) is 0 Å². The number of carbonyl (C=O) groups excluding carboxylic acids is 1. The van der Waals surface area contributed by atoms with Gasteiger partial charge in [0.1, 0.15) is 12.4 Å². The lowest BCUT2D eigenvalue weighted by atomic mass is 10.1. The van der Waals surface area contributed by atoms with Crippen LogP contribution in [-0.4, -0.2) is 78.8 Å². The van der Waals surface area contributed by atoms with Crippen LogP contribution in [0.15, 0.2) is 40.3 Å². The summed E-state index contributed by atoms with van der Waals surface area (Å²) < 4.78 is 6.30. The van der Waals surface area contributed by atoms with E-state index >= 15 is 0 Å². The van der Waals surface area contributed by atoms with Crippen LogP contribution in [0.4, 0.5) is 11.6 Å². The Balaban J connectivity index is 1.31. The Labute approximate surface area is 194 Å². The number of hydrogen-bond acceptors (Lipinski definition) is 13. The number of anilines is 2. The maximum absolute atomic E-state index is 13.1. The molecule has 2 aliphatic heterocycles. The van der Waals surface area contributed by atoms with E-state index in [1.807, 2.05) is 31.2 Å². The molecule has 5 rings (SSSR count). The van der Waals surface area contributed by atoms with E-state index in [1.165, 1.54) is 6.33 Å². The molecule has 5 N–H and O–H groups in total. The second kappa shape index (κ2) is 9.50. The van der Waals surface area contributed by atoms with E-state index in [2.05, 4.69) is 52.2 Å². The van der Waals surface area contributed by atoms with E-state index in [9.17, 15) is 4.79 Å². The van der Waals surface area contributed by atoms with Gasteiger partial charge in [0.05, 0.1) is 17.4 Å². The standard InChI is InChI=1S/C19H25N13O2/c1-12(13-5-4-6-14(9-13)31-11-21-27-29-31)22-24-19(33)16-15(10-30-7-2-3-8-30)32(28-23-16)18-17(20)25-34-26-18/h4-6,9,11,15-16,23,28H,2-3,7-8,10H2,1H3,(H2,20,25)(H,24,33)/b22-12+. The molecule has 0 spiro atoms. The van der Waals surface area contributed by atoms with Gasteiger partial charge in [-0.05, 0) is 71.3 Å². The Hall–Kier alpha value is -3.95. The molecule has 1 amide bonds. The summed E-state index contributed by atoms with van der Waals surface area (Å²) in [6, 6.07) is 6.59. The number of likely N-dealkylation sites (tertiary alicyclic amines) is 1. The molecule has 0 aliphatic carbocycles. The number of carbonyl (C=O) groups is 1. The minimum absolute atomic E-state index is 0.137. The van der Waals surface area contributed by atoms with Crippen molar-refractivity contribution in [3.05, 3.63) is 36.2 Å². The highest BCUT2D eigenvalue weighted by molar-refractivity contribution is 6.00. The molecular weight excluding hydrogens is 442 g/mol. The Morgan fingerprint density at radius 2 is 2.18 bits per heavy atom. The lowest BCUT2D eigenvalue weighted by Crippen LogP contribution is -2.51. The van der Waals surface area contributed by atoms with Crippen molar-refractivity contribution >= 4 is 23.3 Å². The third-order valence-corrected chi connectivity index (χ3v) is 5.92. The summed E-state index contributed by atoms with van der Waals surface area (Å²) in [6.45, 7) is 4.39. The van der Waals surface area contributed by atoms with Crippen LogP contribution in [0.25, 0.3) is 5.69 Å². The summed E-state index contributed by atoms with van der Waals surface area (Å²) in [5.41, 5.74) is 16.8. The molecule has 2 fully saturated rings. The Morgan fingerprint density at radius 3 is 2.91 bits per heavy atom. The molecule has 2 unspecified atom stereocenters. The number of hydrogen-bond donors (Lipinski definition) is 4. The van der Waals surface area contributed by atoms with Crippen LogP contribution in [0.1, 0.15) is 25.3 Å². The van der Waals surface area contributed by atoms with Crippen molar-refractivity contribution in [2.24, 2.45) is 5.10 Å².